The number of nitro benzene ring substituents is 1. The van der Waals surface area contributed by atoms with Gasteiger partial charge in [0, 0.05) is 5.92 Å². The van der Waals surface area contributed by atoms with E-state index < -0.39 is 10.9 Å². The van der Waals surface area contributed by atoms with Crippen LogP contribution in [0.2, 0.25) is 0 Å². The van der Waals surface area contributed by atoms with Crippen molar-refractivity contribution in [2.24, 2.45) is 0 Å². The molecule has 0 aromatic heterocycles. The Balaban J connectivity index is 3.11. The predicted octanol–water partition coefficient (Wildman–Crippen LogP) is 1.09. The maximum atomic E-state index is 11.0. The maximum Gasteiger partial charge on any atom is 0.384 e. The summed E-state index contributed by atoms with van der Waals surface area (Å²) in [6.45, 7) is 1.84. The van der Waals surface area contributed by atoms with Gasteiger partial charge in [-0.3, -0.25) is 10.1 Å². The predicted molar refractivity (Wildman–Crippen MR) is 61.0 cm³/mol. The van der Waals surface area contributed by atoms with Crippen LogP contribution < -0.4 is 5.73 Å². The van der Waals surface area contributed by atoms with E-state index in [1.54, 1.807) is 6.92 Å². The summed E-state index contributed by atoms with van der Waals surface area (Å²) in [5.74, 6) is 3.79. The van der Waals surface area contributed by atoms with Crippen molar-refractivity contribution in [3.8, 4) is 11.8 Å². The number of benzene rings is 1. The third kappa shape index (κ3) is 3.21. The van der Waals surface area contributed by atoms with Crippen LogP contribution in [-0.2, 0) is 9.53 Å². The largest absolute Gasteiger partial charge is 0.456 e. The van der Waals surface area contributed by atoms with Gasteiger partial charge < -0.3 is 10.5 Å². The summed E-state index contributed by atoms with van der Waals surface area (Å²) >= 11 is 0. The van der Waals surface area contributed by atoms with Gasteiger partial charge >= 0.3 is 11.7 Å². The Labute approximate surface area is 97.5 Å². The van der Waals surface area contributed by atoms with Crippen LogP contribution in [0.5, 0.6) is 0 Å². The van der Waals surface area contributed by atoms with Crippen molar-refractivity contribution >= 4 is 17.3 Å². The van der Waals surface area contributed by atoms with E-state index in [0.717, 1.165) is 0 Å². The third-order valence-electron chi connectivity index (χ3n) is 1.82. The Morgan fingerprint density at radius 3 is 2.88 bits per heavy atom. The number of carbonyl (C=O) groups excluding carboxylic acids is 1. The molecule has 0 fully saturated rings. The SMILES string of the molecule is CCOC(=O)C#Cc1cccc(N)c1[N+](=O)[O-]. The minimum Gasteiger partial charge on any atom is -0.456 e. The number of nitrogen functional groups attached to an aromatic ring is 1. The first kappa shape index (κ1) is 12.5. The van der Waals surface area contributed by atoms with Gasteiger partial charge in [-0.05, 0) is 25.0 Å². The Morgan fingerprint density at radius 2 is 2.29 bits per heavy atom. The minimum atomic E-state index is -0.732. The molecule has 17 heavy (non-hydrogen) atoms. The molecule has 0 aliphatic rings. The molecule has 0 amide bonds. The van der Waals surface area contributed by atoms with Crippen molar-refractivity contribution in [3.63, 3.8) is 0 Å². The van der Waals surface area contributed by atoms with E-state index >= 15 is 0 Å². The Morgan fingerprint density at radius 1 is 1.59 bits per heavy atom. The lowest BCUT2D eigenvalue weighted by atomic mass is 10.1. The molecular weight excluding hydrogens is 224 g/mol. The van der Waals surface area contributed by atoms with Gasteiger partial charge in [0.25, 0.3) is 0 Å². The van der Waals surface area contributed by atoms with Gasteiger partial charge in [0.05, 0.1) is 11.5 Å². The molecule has 0 unspecified atom stereocenters. The van der Waals surface area contributed by atoms with Gasteiger partial charge in [-0.2, -0.15) is 0 Å². The lowest BCUT2D eigenvalue weighted by Gasteiger charge is -1.98. The standard InChI is InChI=1S/C11H10N2O4/c1-2-17-10(14)7-6-8-4-3-5-9(12)11(8)13(15)16/h3-5H,2,12H2,1H3. The molecule has 0 spiro atoms. The van der Waals surface area contributed by atoms with E-state index in [1.807, 2.05) is 0 Å². The summed E-state index contributed by atoms with van der Waals surface area (Å²) in [6.07, 6.45) is 0. The normalized spacial score (nSPS) is 9.00. The van der Waals surface area contributed by atoms with Gasteiger partial charge in [-0.25, -0.2) is 4.79 Å². The van der Waals surface area contributed by atoms with E-state index in [9.17, 15) is 14.9 Å². The number of hydrogen-bond donors (Lipinski definition) is 1. The number of carbonyl (C=O) groups is 1. The van der Waals surface area contributed by atoms with E-state index in [4.69, 9.17) is 5.73 Å². The number of hydrogen-bond acceptors (Lipinski definition) is 5. The topological polar surface area (TPSA) is 95.5 Å². The minimum absolute atomic E-state index is 0.00524. The van der Waals surface area contributed by atoms with Crippen molar-refractivity contribution in [2.45, 2.75) is 6.92 Å². The van der Waals surface area contributed by atoms with Crippen LogP contribution in [0.25, 0.3) is 0 Å². The molecular formula is C11H10N2O4. The number of nitrogens with zero attached hydrogens (tertiary/aromatic N) is 1. The molecule has 88 valence electrons. The summed E-state index contributed by atoms with van der Waals surface area (Å²) in [6, 6.07) is 4.34. The molecule has 0 saturated carbocycles. The lowest BCUT2D eigenvalue weighted by molar-refractivity contribution is -0.384. The fourth-order valence-corrected chi connectivity index (χ4v) is 1.15. The zero-order valence-electron chi connectivity index (χ0n) is 9.10. The highest BCUT2D eigenvalue weighted by molar-refractivity contribution is 5.89. The van der Waals surface area contributed by atoms with Crippen LogP contribution in [0.1, 0.15) is 12.5 Å². The highest BCUT2D eigenvalue weighted by Gasteiger charge is 2.15. The number of anilines is 1. The van der Waals surface area contributed by atoms with Gasteiger partial charge in [0.15, 0.2) is 0 Å². The molecule has 0 aliphatic heterocycles. The molecule has 0 saturated heterocycles. The molecule has 2 N–H and O–H groups in total. The lowest BCUT2D eigenvalue weighted by Crippen LogP contribution is -2.01. The Kier molecular flexibility index (Phi) is 4.06. The van der Waals surface area contributed by atoms with Crippen molar-refractivity contribution in [1.82, 2.24) is 0 Å². The Hall–Kier alpha value is -2.55. The fourth-order valence-electron chi connectivity index (χ4n) is 1.15. The average Bonchev–Trinajstić information content (AvgIpc) is 2.26. The second-order valence-corrected chi connectivity index (χ2v) is 2.97. The first-order valence-electron chi connectivity index (χ1n) is 4.78. The molecule has 0 bridgehead atoms. The summed E-state index contributed by atoms with van der Waals surface area (Å²) in [4.78, 5) is 21.1. The second-order valence-electron chi connectivity index (χ2n) is 2.97. The van der Waals surface area contributed by atoms with E-state index in [-0.39, 0.29) is 23.5 Å². The number of ether oxygens (including phenoxy) is 1. The quantitative estimate of drug-likeness (QED) is 0.272. The Bertz CT molecular complexity index is 514. The molecule has 0 aliphatic carbocycles. The van der Waals surface area contributed by atoms with Crippen molar-refractivity contribution in [3.05, 3.63) is 33.9 Å². The number of esters is 1. The highest BCUT2D eigenvalue weighted by atomic mass is 16.6. The smallest absolute Gasteiger partial charge is 0.384 e. The van der Waals surface area contributed by atoms with Crippen LogP contribution in [0, 0.1) is 22.0 Å². The van der Waals surface area contributed by atoms with Crippen LogP contribution in [-0.4, -0.2) is 17.5 Å². The highest BCUT2D eigenvalue weighted by Crippen LogP contribution is 2.24. The van der Waals surface area contributed by atoms with Crippen LogP contribution in [0.3, 0.4) is 0 Å². The summed E-state index contributed by atoms with van der Waals surface area (Å²) < 4.78 is 4.58. The van der Waals surface area contributed by atoms with Crippen LogP contribution in [0.15, 0.2) is 18.2 Å². The zero-order valence-corrected chi connectivity index (χ0v) is 9.10. The van der Waals surface area contributed by atoms with E-state index in [2.05, 4.69) is 16.6 Å². The maximum absolute atomic E-state index is 11.0. The summed E-state index contributed by atoms with van der Waals surface area (Å²) in [5, 5.41) is 10.8. The van der Waals surface area contributed by atoms with Crippen molar-refractivity contribution in [1.29, 1.82) is 0 Å². The first-order valence-corrected chi connectivity index (χ1v) is 4.78. The summed E-state index contributed by atoms with van der Waals surface area (Å²) in [7, 11) is 0. The average molecular weight is 234 g/mol. The van der Waals surface area contributed by atoms with Crippen LogP contribution in [0.4, 0.5) is 11.4 Å². The molecule has 1 aromatic rings. The number of rotatable bonds is 2. The fraction of sp³-hybridized carbons (Fsp3) is 0.182. The van der Waals surface area contributed by atoms with Crippen molar-refractivity contribution < 1.29 is 14.5 Å². The molecule has 6 heteroatoms. The molecule has 0 heterocycles. The second kappa shape index (κ2) is 5.51. The molecule has 0 atom stereocenters. The van der Waals surface area contributed by atoms with Crippen LogP contribution >= 0.6 is 0 Å². The number of nitrogens with two attached hydrogens (primary N) is 1. The molecule has 0 radical (unpaired) electrons. The summed E-state index contributed by atoms with van der Waals surface area (Å²) in [5.41, 5.74) is 5.25. The first-order chi connectivity index (χ1) is 8.06. The van der Waals surface area contributed by atoms with Gasteiger partial charge in [-0.15, -0.1) is 0 Å². The third-order valence-corrected chi connectivity index (χ3v) is 1.82. The molecule has 6 nitrogen and oxygen atoms in total. The zero-order chi connectivity index (χ0) is 12.8. The molecule has 1 rings (SSSR count). The van der Waals surface area contributed by atoms with Gasteiger partial charge in [-0.1, -0.05) is 6.07 Å². The monoisotopic (exact) mass is 234 g/mol. The number of nitro groups is 1. The van der Waals surface area contributed by atoms with E-state index in [0.29, 0.717) is 0 Å². The van der Waals surface area contributed by atoms with Crippen molar-refractivity contribution in [2.75, 3.05) is 12.3 Å². The number of para-hydroxylation sites is 1. The van der Waals surface area contributed by atoms with Gasteiger partial charge in [0.1, 0.15) is 11.3 Å². The molecule has 1 aromatic carbocycles. The van der Waals surface area contributed by atoms with E-state index in [1.165, 1.54) is 18.2 Å². The van der Waals surface area contributed by atoms with Gasteiger partial charge in [0.2, 0.25) is 0 Å².